The predicted octanol–water partition coefficient (Wildman–Crippen LogP) is 1.91. The minimum absolute atomic E-state index is 0.0718. The minimum atomic E-state index is -0.303. The van der Waals surface area contributed by atoms with Gasteiger partial charge < -0.3 is 15.7 Å². The Balaban J connectivity index is 2.62. The molecule has 0 unspecified atom stereocenters. The summed E-state index contributed by atoms with van der Waals surface area (Å²) in [7, 11) is 0. The summed E-state index contributed by atoms with van der Waals surface area (Å²) in [5.74, 6) is 0. The summed E-state index contributed by atoms with van der Waals surface area (Å²) in [6.45, 7) is 1.66. The second kappa shape index (κ2) is 6.40. The Morgan fingerprint density at radius 2 is 2.19 bits per heavy atom. The molecule has 0 heterocycles. The highest BCUT2D eigenvalue weighted by Gasteiger charge is 2.07. The lowest BCUT2D eigenvalue weighted by atomic mass is 10.3. The Morgan fingerprint density at radius 3 is 2.81 bits per heavy atom. The Kier molecular flexibility index (Phi) is 5.14. The first-order valence-corrected chi connectivity index (χ1v) is 6.21. The molecule has 1 atom stereocenters. The highest BCUT2D eigenvalue weighted by atomic mass is 32.2. The third kappa shape index (κ3) is 3.75. The van der Waals surface area contributed by atoms with Gasteiger partial charge >= 0.3 is 6.03 Å². The van der Waals surface area contributed by atoms with Crippen molar-refractivity contribution in [1.29, 1.82) is 0 Å². The maximum Gasteiger partial charge on any atom is 0.319 e. The van der Waals surface area contributed by atoms with Crippen LogP contribution in [0.25, 0.3) is 0 Å². The number of benzene rings is 1. The number of rotatable bonds is 4. The molecule has 0 spiro atoms. The molecule has 0 bridgehead atoms. The molecule has 0 saturated carbocycles. The van der Waals surface area contributed by atoms with Crippen LogP contribution >= 0.6 is 11.8 Å². The Morgan fingerprint density at radius 1 is 1.50 bits per heavy atom. The topological polar surface area (TPSA) is 61.4 Å². The molecule has 0 aliphatic carbocycles. The molecule has 0 aliphatic heterocycles. The summed E-state index contributed by atoms with van der Waals surface area (Å²) in [6, 6.07) is 7.02. The molecule has 16 heavy (non-hydrogen) atoms. The SMILES string of the molecule is CSc1ccccc1NC(=O)N[C@@H](C)CO. The summed E-state index contributed by atoms with van der Waals surface area (Å²) < 4.78 is 0. The van der Waals surface area contributed by atoms with Gasteiger partial charge in [-0.3, -0.25) is 0 Å². The first-order valence-electron chi connectivity index (χ1n) is 4.98. The van der Waals surface area contributed by atoms with Gasteiger partial charge in [0.05, 0.1) is 18.3 Å². The molecule has 88 valence electrons. The normalized spacial score (nSPS) is 11.9. The van der Waals surface area contributed by atoms with Crippen molar-refractivity contribution < 1.29 is 9.90 Å². The zero-order valence-electron chi connectivity index (χ0n) is 9.36. The van der Waals surface area contributed by atoms with Gasteiger partial charge in [0.1, 0.15) is 0 Å². The van der Waals surface area contributed by atoms with Crippen LogP contribution in [0.3, 0.4) is 0 Å². The fourth-order valence-electron chi connectivity index (χ4n) is 1.18. The van der Waals surface area contributed by atoms with Crippen molar-refractivity contribution in [2.75, 3.05) is 18.2 Å². The first kappa shape index (κ1) is 12.9. The minimum Gasteiger partial charge on any atom is -0.394 e. The summed E-state index contributed by atoms with van der Waals surface area (Å²) in [5, 5.41) is 14.2. The van der Waals surface area contributed by atoms with Gasteiger partial charge in [0.2, 0.25) is 0 Å². The van der Waals surface area contributed by atoms with Crippen LogP contribution in [-0.4, -0.2) is 30.0 Å². The van der Waals surface area contributed by atoms with Crippen molar-refractivity contribution in [3.8, 4) is 0 Å². The molecule has 0 fully saturated rings. The van der Waals surface area contributed by atoms with Crippen molar-refractivity contribution in [3.05, 3.63) is 24.3 Å². The molecule has 0 saturated heterocycles. The van der Waals surface area contributed by atoms with Gasteiger partial charge in [-0.2, -0.15) is 0 Å². The van der Waals surface area contributed by atoms with E-state index in [1.54, 1.807) is 18.7 Å². The second-order valence-electron chi connectivity index (χ2n) is 3.38. The Hall–Kier alpha value is -1.20. The first-order chi connectivity index (χ1) is 7.67. The smallest absolute Gasteiger partial charge is 0.319 e. The van der Waals surface area contributed by atoms with E-state index in [1.807, 2.05) is 30.5 Å². The number of carbonyl (C=O) groups is 1. The van der Waals surface area contributed by atoms with Gasteiger partial charge in [0, 0.05) is 4.90 Å². The standard InChI is InChI=1S/C11H16N2O2S/c1-8(7-14)12-11(15)13-9-5-3-4-6-10(9)16-2/h3-6,8,14H,7H2,1-2H3,(H2,12,13,15)/t8-/m0/s1. The van der Waals surface area contributed by atoms with Crippen molar-refractivity contribution in [2.45, 2.75) is 17.9 Å². The fraction of sp³-hybridized carbons (Fsp3) is 0.364. The molecule has 5 heteroatoms. The summed E-state index contributed by atoms with van der Waals surface area (Å²) >= 11 is 1.57. The average Bonchev–Trinajstić information content (AvgIpc) is 2.29. The van der Waals surface area contributed by atoms with Crippen molar-refractivity contribution in [2.24, 2.45) is 0 Å². The lowest BCUT2D eigenvalue weighted by molar-refractivity contribution is 0.229. The van der Waals surface area contributed by atoms with E-state index in [4.69, 9.17) is 5.11 Å². The fourth-order valence-corrected chi connectivity index (χ4v) is 1.73. The quantitative estimate of drug-likeness (QED) is 0.704. The number of para-hydroxylation sites is 1. The van der Waals surface area contributed by atoms with E-state index in [-0.39, 0.29) is 18.7 Å². The molecule has 0 radical (unpaired) electrons. The molecule has 1 aromatic rings. The third-order valence-corrected chi connectivity index (χ3v) is 2.80. The molecular formula is C11H16N2O2S. The average molecular weight is 240 g/mol. The van der Waals surface area contributed by atoms with Crippen LogP contribution < -0.4 is 10.6 Å². The number of amides is 2. The van der Waals surface area contributed by atoms with Crippen LogP contribution in [0.4, 0.5) is 10.5 Å². The van der Waals surface area contributed by atoms with Crippen molar-refractivity contribution in [3.63, 3.8) is 0 Å². The van der Waals surface area contributed by atoms with Gasteiger partial charge in [-0.1, -0.05) is 12.1 Å². The molecule has 1 rings (SSSR count). The van der Waals surface area contributed by atoms with E-state index in [2.05, 4.69) is 10.6 Å². The van der Waals surface area contributed by atoms with E-state index >= 15 is 0 Å². The maximum atomic E-state index is 11.5. The highest BCUT2D eigenvalue weighted by Crippen LogP contribution is 2.24. The number of thioether (sulfide) groups is 1. The van der Waals surface area contributed by atoms with Crippen molar-refractivity contribution in [1.82, 2.24) is 5.32 Å². The molecule has 0 aliphatic rings. The van der Waals surface area contributed by atoms with Crippen molar-refractivity contribution >= 4 is 23.5 Å². The van der Waals surface area contributed by atoms with E-state index in [1.165, 1.54) is 0 Å². The maximum absolute atomic E-state index is 11.5. The molecule has 2 amide bonds. The molecule has 3 N–H and O–H groups in total. The molecule has 1 aromatic carbocycles. The number of urea groups is 1. The van der Waals surface area contributed by atoms with Gasteiger partial charge in [0.25, 0.3) is 0 Å². The molecule has 4 nitrogen and oxygen atoms in total. The van der Waals surface area contributed by atoms with Gasteiger partial charge in [-0.05, 0) is 25.3 Å². The molecular weight excluding hydrogens is 224 g/mol. The van der Waals surface area contributed by atoms with Crippen LogP contribution in [-0.2, 0) is 0 Å². The van der Waals surface area contributed by atoms with E-state index in [9.17, 15) is 4.79 Å². The monoisotopic (exact) mass is 240 g/mol. The van der Waals surface area contributed by atoms with Gasteiger partial charge in [-0.25, -0.2) is 4.79 Å². The lowest BCUT2D eigenvalue weighted by Crippen LogP contribution is -2.38. The van der Waals surface area contributed by atoms with Gasteiger partial charge in [-0.15, -0.1) is 11.8 Å². The van der Waals surface area contributed by atoms with E-state index in [0.717, 1.165) is 10.6 Å². The van der Waals surface area contributed by atoms with Crippen LogP contribution in [0, 0.1) is 0 Å². The third-order valence-electron chi connectivity index (χ3n) is 2.01. The van der Waals surface area contributed by atoms with E-state index in [0.29, 0.717) is 0 Å². The number of hydrogen-bond donors (Lipinski definition) is 3. The summed E-state index contributed by atoms with van der Waals surface area (Å²) in [6.07, 6.45) is 1.95. The zero-order chi connectivity index (χ0) is 12.0. The van der Waals surface area contributed by atoms with Crippen LogP contribution in [0.1, 0.15) is 6.92 Å². The molecule has 0 aromatic heterocycles. The van der Waals surface area contributed by atoms with Crippen LogP contribution in [0.15, 0.2) is 29.2 Å². The Bertz CT molecular complexity index is 358. The van der Waals surface area contributed by atoms with Gasteiger partial charge in [0.15, 0.2) is 0 Å². The number of carbonyl (C=O) groups excluding carboxylic acids is 1. The zero-order valence-corrected chi connectivity index (χ0v) is 10.2. The summed E-state index contributed by atoms with van der Waals surface area (Å²) in [5.41, 5.74) is 0.776. The number of aliphatic hydroxyl groups excluding tert-OH is 1. The second-order valence-corrected chi connectivity index (χ2v) is 4.23. The lowest BCUT2D eigenvalue weighted by Gasteiger charge is -2.13. The number of anilines is 1. The number of nitrogens with one attached hydrogen (secondary N) is 2. The Labute approximate surface area is 99.4 Å². The number of hydrogen-bond acceptors (Lipinski definition) is 3. The van der Waals surface area contributed by atoms with Crippen LogP contribution in [0.2, 0.25) is 0 Å². The number of aliphatic hydroxyl groups is 1. The highest BCUT2D eigenvalue weighted by molar-refractivity contribution is 7.98. The van der Waals surface area contributed by atoms with Crippen LogP contribution in [0.5, 0.6) is 0 Å². The van der Waals surface area contributed by atoms with E-state index < -0.39 is 0 Å². The predicted molar refractivity (Wildman–Crippen MR) is 66.9 cm³/mol. The summed E-state index contributed by atoms with van der Waals surface area (Å²) in [4.78, 5) is 12.5. The largest absolute Gasteiger partial charge is 0.394 e.